The van der Waals surface area contributed by atoms with Crippen LogP contribution in [0.4, 0.5) is 0 Å². The first kappa shape index (κ1) is 15.3. The minimum atomic E-state index is -0.511. The highest BCUT2D eigenvalue weighted by atomic mass is 16.7. The Morgan fingerprint density at radius 1 is 1.13 bits per heavy atom. The topological polar surface area (TPSA) is 59.3 Å². The smallest absolute Gasteiger partial charge is 0.189 e. The molecule has 0 fully saturated rings. The fourth-order valence-electron chi connectivity index (χ4n) is 2.66. The molecule has 1 atom stereocenters. The number of carbonyl (C=O) groups is 1. The largest absolute Gasteiger partial charge is 0.468 e. The molecule has 2 aromatic rings. The van der Waals surface area contributed by atoms with Crippen molar-refractivity contribution in [3.8, 4) is 11.8 Å². The van der Waals surface area contributed by atoms with Crippen LogP contribution < -0.4 is 4.74 Å². The summed E-state index contributed by atoms with van der Waals surface area (Å²) in [5.74, 6) is 0.154. The zero-order valence-electron chi connectivity index (χ0n) is 12.7. The number of carbonyl (C=O) groups excluding carboxylic acids is 1. The first-order valence-electron chi connectivity index (χ1n) is 7.55. The van der Waals surface area contributed by atoms with Crippen molar-refractivity contribution in [2.45, 2.75) is 19.4 Å². The summed E-state index contributed by atoms with van der Waals surface area (Å²) >= 11 is 0. The second-order valence-corrected chi connectivity index (χ2v) is 5.56. The fourth-order valence-corrected chi connectivity index (χ4v) is 2.66. The van der Waals surface area contributed by atoms with Gasteiger partial charge in [-0.2, -0.15) is 5.26 Å². The van der Waals surface area contributed by atoms with Gasteiger partial charge in [0.2, 0.25) is 0 Å². The highest BCUT2D eigenvalue weighted by Gasteiger charge is 2.26. The number of rotatable bonds is 5. The van der Waals surface area contributed by atoms with Crippen molar-refractivity contribution >= 4 is 5.78 Å². The third-order valence-corrected chi connectivity index (χ3v) is 3.93. The van der Waals surface area contributed by atoms with Gasteiger partial charge in [-0.15, -0.1) is 0 Å². The summed E-state index contributed by atoms with van der Waals surface area (Å²) in [6, 6.07) is 17.6. The van der Waals surface area contributed by atoms with E-state index in [1.165, 1.54) is 0 Å². The molecular formula is C19H17NO3. The number of nitriles is 1. The van der Waals surface area contributed by atoms with Crippen molar-refractivity contribution in [2.75, 3.05) is 6.79 Å². The summed E-state index contributed by atoms with van der Waals surface area (Å²) in [6.07, 6.45) is 0.797. The maximum atomic E-state index is 11.8. The Morgan fingerprint density at radius 3 is 2.74 bits per heavy atom. The minimum absolute atomic E-state index is 0.0162. The Kier molecular flexibility index (Phi) is 4.70. The first-order valence-corrected chi connectivity index (χ1v) is 7.55. The number of ether oxygens (including phenoxy) is 2. The van der Waals surface area contributed by atoms with Crippen LogP contribution in [0.15, 0.2) is 48.5 Å². The Hall–Kier alpha value is -2.64. The molecule has 0 saturated carbocycles. The van der Waals surface area contributed by atoms with Gasteiger partial charge in [0.05, 0.1) is 12.7 Å². The van der Waals surface area contributed by atoms with E-state index < -0.39 is 5.92 Å². The molecule has 0 amide bonds. The summed E-state index contributed by atoms with van der Waals surface area (Å²) in [4.78, 5) is 11.8. The SMILES string of the molecule is N#CC1Cc2ccc(OCOCc3ccccc3)cc2CC1=O. The van der Waals surface area contributed by atoms with Crippen LogP contribution in [0.2, 0.25) is 0 Å². The maximum Gasteiger partial charge on any atom is 0.189 e. The van der Waals surface area contributed by atoms with Gasteiger partial charge in [0.15, 0.2) is 12.6 Å². The van der Waals surface area contributed by atoms with Gasteiger partial charge in [0, 0.05) is 6.42 Å². The van der Waals surface area contributed by atoms with E-state index in [0.717, 1.165) is 16.7 Å². The van der Waals surface area contributed by atoms with Crippen LogP contribution in [-0.2, 0) is 29.0 Å². The molecule has 0 aliphatic heterocycles. The molecule has 1 aliphatic rings. The predicted octanol–water partition coefficient (Wildman–Crippen LogP) is 3.05. The molecule has 0 heterocycles. The maximum absolute atomic E-state index is 11.8. The lowest BCUT2D eigenvalue weighted by Gasteiger charge is -2.19. The molecule has 0 radical (unpaired) electrons. The normalized spacial score (nSPS) is 16.5. The third-order valence-electron chi connectivity index (χ3n) is 3.93. The molecule has 1 aliphatic carbocycles. The van der Waals surface area contributed by atoms with Gasteiger partial charge in [-0.25, -0.2) is 0 Å². The lowest BCUT2D eigenvalue weighted by molar-refractivity contribution is -0.121. The summed E-state index contributed by atoms with van der Waals surface area (Å²) in [5, 5.41) is 8.97. The second-order valence-electron chi connectivity index (χ2n) is 5.56. The van der Waals surface area contributed by atoms with Crippen LogP contribution in [0, 0.1) is 17.2 Å². The molecule has 0 N–H and O–H groups in total. The lowest BCUT2D eigenvalue weighted by atomic mass is 9.83. The molecule has 4 nitrogen and oxygen atoms in total. The van der Waals surface area contributed by atoms with Gasteiger partial charge in [0.1, 0.15) is 11.7 Å². The van der Waals surface area contributed by atoms with Crippen molar-refractivity contribution in [3.05, 3.63) is 65.2 Å². The zero-order chi connectivity index (χ0) is 16.1. The van der Waals surface area contributed by atoms with E-state index in [4.69, 9.17) is 14.7 Å². The molecule has 2 aromatic carbocycles. The van der Waals surface area contributed by atoms with Gasteiger partial charge in [-0.3, -0.25) is 4.79 Å². The lowest BCUT2D eigenvalue weighted by Crippen LogP contribution is -2.24. The van der Waals surface area contributed by atoms with Crippen LogP contribution >= 0.6 is 0 Å². The summed E-state index contributed by atoms with van der Waals surface area (Å²) in [7, 11) is 0. The van der Waals surface area contributed by atoms with Crippen LogP contribution in [0.1, 0.15) is 16.7 Å². The zero-order valence-corrected chi connectivity index (χ0v) is 12.7. The fraction of sp³-hybridized carbons (Fsp3) is 0.263. The average molecular weight is 307 g/mol. The first-order chi connectivity index (χ1) is 11.3. The van der Waals surface area contributed by atoms with E-state index in [9.17, 15) is 4.79 Å². The second kappa shape index (κ2) is 7.08. The molecule has 0 spiro atoms. The standard InChI is InChI=1S/C19H17NO3/c20-11-17-8-15-6-7-18(9-16(15)10-19(17)21)23-13-22-12-14-4-2-1-3-5-14/h1-7,9,17H,8,10,12-13H2. The van der Waals surface area contributed by atoms with E-state index in [-0.39, 0.29) is 12.6 Å². The van der Waals surface area contributed by atoms with Crippen LogP contribution in [0.3, 0.4) is 0 Å². The number of ketones is 1. The van der Waals surface area contributed by atoms with Crippen molar-refractivity contribution in [1.29, 1.82) is 5.26 Å². The number of hydrogen-bond donors (Lipinski definition) is 0. The number of benzene rings is 2. The van der Waals surface area contributed by atoms with Crippen LogP contribution in [0.5, 0.6) is 5.75 Å². The van der Waals surface area contributed by atoms with Gasteiger partial charge in [0.25, 0.3) is 0 Å². The van der Waals surface area contributed by atoms with Crippen molar-refractivity contribution < 1.29 is 14.3 Å². The third kappa shape index (κ3) is 3.77. The predicted molar refractivity (Wildman–Crippen MR) is 84.7 cm³/mol. The van der Waals surface area contributed by atoms with E-state index >= 15 is 0 Å². The van der Waals surface area contributed by atoms with Crippen molar-refractivity contribution in [3.63, 3.8) is 0 Å². The van der Waals surface area contributed by atoms with Crippen molar-refractivity contribution in [2.24, 2.45) is 5.92 Å². The molecule has 1 unspecified atom stereocenters. The molecule has 4 heteroatoms. The highest BCUT2D eigenvalue weighted by Crippen LogP contribution is 2.26. The molecular weight excluding hydrogens is 290 g/mol. The summed E-state index contributed by atoms with van der Waals surface area (Å²) in [5.41, 5.74) is 3.09. The molecule has 0 aromatic heterocycles. The van der Waals surface area contributed by atoms with Crippen LogP contribution in [0.25, 0.3) is 0 Å². The van der Waals surface area contributed by atoms with Gasteiger partial charge < -0.3 is 9.47 Å². The van der Waals surface area contributed by atoms with E-state index in [1.54, 1.807) is 0 Å². The molecule has 0 bridgehead atoms. The van der Waals surface area contributed by atoms with E-state index in [2.05, 4.69) is 6.07 Å². The number of fused-ring (bicyclic) bond motifs is 1. The van der Waals surface area contributed by atoms with Gasteiger partial charge in [-0.05, 0) is 35.2 Å². The molecule has 3 rings (SSSR count). The Morgan fingerprint density at radius 2 is 1.96 bits per heavy atom. The van der Waals surface area contributed by atoms with Gasteiger partial charge in [-0.1, -0.05) is 36.4 Å². The Bertz CT molecular complexity index is 734. The highest BCUT2D eigenvalue weighted by molar-refractivity contribution is 5.87. The summed E-state index contributed by atoms with van der Waals surface area (Å²) < 4.78 is 11.1. The van der Waals surface area contributed by atoms with Gasteiger partial charge >= 0.3 is 0 Å². The van der Waals surface area contributed by atoms with E-state index in [0.29, 0.717) is 25.2 Å². The number of hydrogen-bond acceptors (Lipinski definition) is 4. The minimum Gasteiger partial charge on any atom is -0.468 e. The Labute approximate surface area is 135 Å². The number of Topliss-reactive ketones (excluding diaryl/α,β-unsaturated/α-hetero) is 1. The molecule has 23 heavy (non-hydrogen) atoms. The quantitative estimate of drug-likeness (QED) is 0.629. The number of nitrogens with zero attached hydrogens (tertiary/aromatic N) is 1. The monoisotopic (exact) mass is 307 g/mol. The molecule has 0 saturated heterocycles. The van der Waals surface area contributed by atoms with Crippen LogP contribution in [-0.4, -0.2) is 12.6 Å². The van der Waals surface area contributed by atoms with E-state index in [1.807, 2.05) is 48.5 Å². The molecule has 116 valence electrons. The summed E-state index contributed by atoms with van der Waals surface area (Å²) in [6.45, 7) is 0.649. The van der Waals surface area contributed by atoms with Crippen molar-refractivity contribution in [1.82, 2.24) is 0 Å². The average Bonchev–Trinajstić information content (AvgIpc) is 2.59. The Balaban J connectivity index is 1.55.